The molecule has 2 rings (SSSR count). The Kier molecular flexibility index (Phi) is 8.78. The number of carboxylic acid groups (broad SMARTS) is 1. The Labute approximate surface area is 187 Å². The van der Waals surface area contributed by atoms with Crippen LogP contribution >= 0.6 is 0 Å². The highest BCUT2D eigenvalue weighted by Gasteiger charge is 2.27. The molecule has 0 spiro atoms. The van der Waals surface area contributed by atoms with Crippen molar-refractivity contribution in [1.82, 2.24) is 10.6 Å². The number of hydrogen-bond donors (Lipinski definition) is 4. The van der Waals surface area contributed by atoms with Crippen LogP contribution in [0.3, 0.4) is 0 Å². The number of hydrogen-bond acceptors (Lipinski definition) is 5. The fraction of sp³-hybridized carbons (Fsp3) is 0.375. The molecule has 0 saturated carbocycles. The molecule has 0 bridgehead atoms. The minimum Gasteiger partial charge on any atom is -0.480 e. The summed E-state index contributed by atoms with van der Waals surface area (Å²) in [4.78, 5) is 36.1. The molecule has 0 radical (unpaired) electrons. The summed E-state index contributed by atoms with van der Waals surface area (Å²) in [5, 5.41) is 23.6. The Bertz CT molecular complexity index is 906. The fourth-order valence-corrected chi connectivity index (χ4v) is 2.95. The third-order valence-corrected chi connectivity index (χ3v) is 4.88. The molecule has 172 valence electrons. The van der Waals surface area contributed by atoms with Gasteiger partial charge in [0.15, 0.2) is 0 Å². The van der Waals surface area contributed by atoms with Crippen LogP contribution in [0.5, 0.6) is 0 Å². The third-order valence-electron chi connectivity index (χ3n) is 4.88. The Morgan fingerprint density at radius 3 is 2.06 bits per heavy atom. The van der Waals surface area contributed by atoms with Crippen LogP contribution in [0.25, 0.3) is 0 Å². The third kappa shape index (κ3) is 7.70. The number of ether oxygens (including phenoxy) is 1. The number of carboxylic acids is 1. The van der Waals surface area contributed by atoms with Crippen LogP contribution in [0, 0.1) is 0 Å². The standard InChI is InChI=1S/C24H30N2O6/c1-24(2,3)18-11-9-16(10-12-18)13-19(22(29)30)25-21(28)20(14-27)26-23(31)32-15-17-7-5-4-6-8-17/h4-12,19-20,27H,13-15H2,1-3H3,(H,25,28)(H,26,31)(H,29,30)/t19-,20+/m1/s1. The molecule has 0 aliphatic heterocycles. The van der Waals surface area contributed by atoms with Gasteiger partial charge in [-0.05, 0) is 22.1 Å². The minimum atomic E-state index is -1.34. The molecule has 0 fully saturated rings. The van der Waals surface area contributed by atoms with Gasteiger partial charge in [-0.15, -0.1) is 0 Å². The molecule has 0 unspecified atom stereocenters. The number of carbonyl (C=O) groups is 3. The lowest BCUT2D eigenvalue weighted by Crippen LogP contribution is -2.53. The monoisotopic (exact) mass is 442 g/mol. The highest BCUT2D eigenvalue weighted by Crippen LogP contribution is 2.22. The summed E-state index contributed by atoms with van der Waals surface area (Å²) in [7, 11) is 0. The normalized spacial score (nSPS) is 13.0. The number of alkyl carbamates (subject to hydrolysis) is 1. The number of amides is 2. The van der Waals surface area contributed by atoms with Crippen molar-refractivity contribution in [2.45, 2.75) is 51.3 Å². The molecule has 32 heavy (non-hydrogen) atoms. The molecule has 2 atom stereocenters. The van der Waals surface area contributed by atoms with Crippen molar-refractivity contribution < 1.29 is 29.3 Å². The van der Waals surface area contributed by atoms with Crippen LogP contribution < -0.4 is 10.6 Å². The van der Waals surface area contributed by atoms with Crippen LogP contribution in [0.1, 0.15) is 37.5 Å². The molecular formula is C24H30N2O6. The average Bonchev–Trinajstić information content (AvgIpc) is 2.75. The second-order valence-corrected chi connectivity index (χ2v) is 8.49. The van der Waals surface area contributed by atoms with E-state index in [9.17, 15) is 24.6 Å². The molecule has 0 aliphatic rings. The van der Waals surface area contributed by atoms with E-state index in [1.807, 2.05) is 30.3 Å². The van der Waals surface area contributed by atoms with Gasteiger partial charge in [0.2, 0.25) is 5.91 Å². The van der Waals surface area contributed by atoms with Gasteiger partial charge in [-0.3, -0.25) is 4.79 Å². The average molecular weight is 443 g/mol. The van der Waals surface area contributed by atoms with E-state index in [1.165, 1.54) is 0 Å². The van der Waals surface area contributed by atoms with Crippen LogP contribution in [0.4, 0.5) is 4.79 Å². The van der Waals surface area contributed by atoms with E-state index in [2.05, 4.69) is 31.4 Å². The van der Waals surface area contributed by atoms with E-state index in [1.54, 1.807) is 24.3 Å². The van der Waals surface area contributed by atoms with Crippen LogP contribution in [-0.4, -0.2) is 46.9 Å². The first-order valence-electron chi connectivity index (χ1n) is 10.3. The van der Waals surface area contributed by atoms with E-state index in [-0.39, 0.29) is 18.4 Å². The first-order chi connectivity index (χ1) is 15.1. The summed E-state index contributed by atoms with van der Waals surface area (Å²) in [6.45, 7) is 5.52. The number of aliphatic hydroxyl groups excluding tert-OH is 1. The first-order valence-corrected chi connectivity index (χ1v) is 10.3. The Morgan fingerprint density at radius 1 is 0.906 bits per heavy atom. The molecule has 2 aromatic rings. The van der Waals surface area contributed by atoms with E-state index in [4.69, 9.17) is 4.74 Å². The van der Waals surface area contributed by atoms with Crippen LogP contribution in [0.15, 0.2) is 54.6 Å². The number of aliphatic carboxylic acids is 1. The molecule has 4 N–H and O–H groups in total. The van der Waals surface area contributed by atoms with Gasteiger partial charge in [0.25, 0.3) is 0 Å². The molecule has 0 aliphatic carbocycles. The van der Waals surface area contributed by atoms with E-state index in [0.717, 1.165) is 16.7 Å². The molecular weight excluding hydrogens is 412 g/mol. The van der Waals surface area contributed by atoms with E-state index >= 15 is 0 Å². The summed E-state index contributed by atoms with van der Waals surface area (Å²) < 4.78 is 5.04. The Morgan fingerprint density at radius 2 is 1.53 bits per heavy atom. The predicted molar refractivity (Wildman–Crippen MR) is 119 cm³/mol. The maximum atomic E-state index is 12.5. The Hall–Kier alpha value is -3.39. The molecule has 0 aromatic heterocycles. The lowest BCUT2D eigenvalue weighted by molar-refractivity contribution is -0.142. The summed E-state index contributed by atoms with van der Waals surface area (Å²) >= 11 is 0. The number of rotatable bonds is 9. The number of nitrogens with one attached hydrogen (secondary N) is 2. The maximum absolute atomic E-state index is 12.5. The molecule has 0 saturated heterocycles. The lowest BCUT2D eigenvalue weighted by atomic mass is 9.86. The topological polar surface area (TPSA) is 125 Å². The first kappa shape index (κ1) is 24.9. The van der Waals surface area contributed by atoms with Gasteiger partial charge in [-0.1, -0.05) is 75.4 Å². The smallest absolute Gasteiger partial charge is 0.408 e. The van der Waals surface area contributed by atoms with Gasteiger partial charge >= 0.3 is 12.1 Å². The predicted octanol–water partition coefficient (Wildman–Crippen LogP) is 2.38. The van der Waals surface area contributed by atoms with E-state index in [0.29, 0.717) is 0 Å². The quantitative estimate of drug-likeness (QED) is 0.473. The van der Waals surface area contributed by atoms with Crippen molar-refractivity contribution in [3.63, 3.8) is 0 Å². The van der Waals surface area contributed by atoms with Gasteiger partial charge in [0.05, 0.1) is 6.61 Å². The summed E-state index contributed by atoms with van der Waals surface area (Å²) in [6.07, 6.45) is -0.838. The van der Waals surface area contributed by atoms with Crippen molar-refractivity contribution in [2.24, 2.45) is 0 Å². The van der Waals surface area contributed by atoms with Gasteiger partial charge in [-0.2, -0.15) is 0 Å². The molecule has 0 heterocycles. The minimum absolute atomic E-state index is 0.00521. The largest absolute Gasteiger partial charge is 0.480 e. The van der Waals surface area contributed by atoms with Crippen molar-refractivity contribution >= 4 is 18.0 Å². The molecule has 8 nitrogen and oxygen atoms in total. The fourth-order valence-electron chi connectivity index (χ4n) is 2.95. The maximum Gasteiger partial charge on any atom is 0.408 e. The number of benzene rings is 2. The summed E-state index contributed by atoms with van der Waals surface area (Å²) in [5.41, 5.74) is 2.57. The van der Waals surface area contributed by atoms with Crippen molar-refractivity contribution in [1.29, 1.82) is 0 Å². The van der Waals surface area contributed by atoms with Crippen LogP contribution in [0.2, 0.25) is 0 Å². The Balaban J connectivity index is 1.94. The van der Waals surface area contributed by atoms with Gasteiger partial charge in [0.1, 0.15) is 18.7 Å². The van der Waals surface area contributed by atoms with E-state index < -0.39 is 36.7 Å². The second-order valence-electron chi connectivity index (χ2n) is 8.49. The molecule has 8 heteroatoms. The van der Waals surface area contributed by atoms with Crippen molar-refractivity contribution in [3.05, 3.63) is 71.3 Å². The molecule has 2 aromatic carbocycles. The highest BCUT2D eigenvalue weighted by molar-refractivity contribution is 5.89. The second kappa shape index (κ2) is 11.3. The van der Waals surface area contributed by atoms with Gasteiger partial charge in [-0.25, -0.2) is 9.59 Å². The number of carbonyl (C=O) groups excluding carboxylic acids is 2. The molecule has 2 amide bonds. The van der Waals surface area contributed by atoms with Crippen molar-refractivity contribution in [2.75, 3.05) is 6.61 Å². The zero-order valence-corrected chi connectivity index (χ0v) is 18.5. The number of aliphatic hydroxyl groups is 1. The van der Waals surface area contributed by atoms with Gasteiger partial charge < -0.3 is 25.6 Å². The zero-order valence-electron chi connectivity index (χ0n) is 18.5. The van der Waals surface area contributed by atoms with Crippen LogP contribution in [-0.2, 0) is 32.8 Å². The SMILES string of the molecule is CC(C)(C)c1ccc(C[C@@H](NC(=O)[C@H](CO)NC(=O)OCc2ccccc2)C(=O)O)cc1. The lowest BCUT2D eigenvalue weighted by Gasteiger charge is -2.21. The van der Waals surface area contributed by atoms with Gasteiger partial charge in [0, 0.05) is 6.42 Å². The highest BCUT2D eigenvalue weighted by atomic mass is 16.5. The van der Waals surface area contributed by atoms with Crippen molar-refractivity contribution in [3.8, 4) is 0 Å². The summed E-state index contributed by atoms with van der Waals surface area (Å²) in [5.74, 6) is -2.04. The summed E-state index contributed by atoms with van der Waals surface area (Å²) in [6, 6.07) is 13.9. The zero-order chi connectivity index (χ0) is 23.7.